The fraction of sp³-hybridized carbons (Fsp3) is 0.615. The second kappa shape index (κ2) is 5.30. The van der Waals surface area contributed by atoms with Gasteiger partial charge in [-0.2, -0.15) is 0 Å². The number of nitrogens with one attached hydrogen (secondary N) is 1. The first-order valence-electron chi connectivity index (χ1n) is 6.18. The molecule has 1 saturated heterocycles. The number of hydrogen-bond acceptors (Lipinski definition) is 3. The minimum absolute atomic E-state index is 0.860. The summed E-state index contributed by atoms with van der Waals surface area (Å²) in [6.07, 6.45) is 4.58. The van der Waals surface area contributed by atoms with Gasteiger partial charge in [0.2, 0.25) is 0 Å². The fourth-order valence-electron chi connectivity index (χ4n) is 2.29. The highest BCUT2D eigenvalue weighted by molar-refractivity contribution is 5.40. The van der Waals surface area contributed by atoms with Crippen LogP contribution in [0.25, 0.3) is 0 Å². The molecule has 16 heavy (non-hydrogen) atoms. The molecule has 2 rings (SSSR count). The van der Waals surface area contributed by atoms with Crippen LogP contribution in [0.2, 0.25) is 0 Å². The molecule has 0 saturated carbocycles. The van der Waals surface area contributed by atoms with Gasteiger partial charge >= 0.3 is 0 Å². The van der Waals surface area contributed by atoms with E-state index in [4.69, 9.17) is 0 Å². The molecular weight excluding hydrogens is 198 g/mol. The van der Waals surface area contributed by atoms with Crippen LogP contribution in [0, 0.1) is 5.92 Å². The van der Waals surface area contributed by atoms with E-state index >= 15 is 0 Å². The van der Waals surface area contributed by atoms with Gasteiger partial charge in [-0.3, -0.25) is 0 Å². The van der Waals surface area contributed by atoms with Crippen molar-refractivity contribution in [1.29, 1.82) is 0 Å². The second-order valence-corrected chi connectivity index (χ2v) is 4.56. The van der Waals surface area contributed by atoms with E-state index in [9.17, 15) is 0 Å². The van der Waals surface area contributed by atoms with Crippen LogP contribution in [-0.4, -0.2) is 25.1 Å². The summed E-state index contributed by atoms with van der Waals surface area (Å²) >= 11 is 0. The third-order valence-corrected chi connectivity index (χ3v) is 3.38. The van der Waals surface area contributed by atoms with Gasteiger partial charge in [-0.05, 0) is 31.0 Å². The zero-order valence-corrected chi connectivity index (χ0v) is 10.2. The Morgan fingerprint density at radius 3 is 2.94 bits per heavy atom. The number of hydrogen-bond donors (Lipinski definition) is 1. The minimum Gasteiger partial charge on any atom is -0.356 e. The lowest BCUT2D eigenvalue weighted by molar-refractivity contribution is 0.568. The first-order valence-corrected chi connectivity index (χ1v) is 6.18. The topological polar surface area (TPSA) is 28.2 Å². The van der Waals surface area contributed by atoms with Gasteiger partial charge in [0, 0.05) is 25.8 Å². The van der Waals surface area contributed by atoms with Crippen LogP contribution in [0.3, 0.4) is 0 Å². The maximum Gasteiger partial charge on any atom is 0.128 e. The molecule has 88 valence electrons. The maximum absolute atomic E-state index is 4.53. The molecule has 1 aromatic heterocycles. The van der Waals surface area contributed by atoms with Crippen LogP contribution >= 0.6 is 0 Å². The standard InChI is InChI=1S/C13H21N3/c1-3-11-6-7-16(10-11)13-5-4-12(8-14-2)9-15-13/h4-5,9,11,14H,3,6-8,10H2,1-2H3. The van der Waals surface area contributed by atoms with Gasteiger partial charge in [-0.15, -0.1) is 0 Å². The summed E-state index contributed by atoms with van der Waals surface area (Å²) in [5.74, 6) is 1.99. The molecule has 0 radical (unpaired) electrons. The molecule has 1 N–H and O–H groups in total. The highest BCUT2D eigenvalue weighted by Gasteiger charge is 2.21. The Bertz CT molecular complexity index is 320. The van der Waals surface area contributed by atoms with Crippen LogP contribution < -0.4 is 10.2 Å². The lowest BCUT2D eigenvalue weighted by Crippen LogP contribution is -2.20. The summed E-state index contributed by atoms with van der Waals surface area (Å²) in [5, 5.41) is 3.14. The fourth-order valence-corrected chi connectivity index (χ4v) is 2.29. The van der Waals surface area contributed by atoms with Crippen molar-refractivity contribution in [2.24, 2.45) is 5.92 Å². The van der Waals surface area contributed by atoms with Crippen molar-refractivity contribution >= 4 is 5.82 Å². The van der Waals surface area contributed by atoms with Crippen molar-refractivity contribution < 1.29 is 0 Å². The average Bonchev–Trinajstić information content (AvgIpc) is 2.79. The molecule has 1 aliphatic rings. The van der Waals surface area contributed by atoms with Gasteiger partial charge < -0.3 is 10.2 Å². The van der Waals surface area contributed by atoms with Crippen molar-refractivity contribution in [2.45, 2.75) is 26.3 Å². The van der Waals surface area contributed by atoms with Crippen LogP contribution in [0.5, 0.6) is 0 Å². The van der Waals surface area contributed by atoms with E-state index in [-0.39, 0.29) is 0 Å². The molecule has 0 bridgehead atoms. The molecule has 1 fully saturated rings. The van der Waals surface area contributed by atoms with Crippen LogP contribution in [-0.2, 0) is 6.54 Å². The van der Waals surface area contributed by atoms with Crippen molar-refractivity contribution in [3.8, 4) is 0 Å². The molecule has 0 aliphatic carbocycles. The normalized spacial score (nSPS) is 20.4. The Labute approximate surface area is 97.9 Å². The van der Waals surface area contributed by atoms with Gasteiger partial charge in [-0.1, -0.05) is 19.4 Å². The molecule has 1 aliphatic heterocycles. The van der Waals surface area contributed by atoms with Gasteiger partial charge in [0.25, 0.3) is 0 Å². The molecule has 1 aromatic rings. The Hall–Kier alpha value is -1.09. The molecule has 1 atom stereocenters. The number of aromatic nitrogens is 1. The molecule has 3 heteroatoms. The zero-order chi connectivity index (χ0) is 11.4. The van der Waals surface area contributed by atoms with E-state index in [1.165, 1.54) is 24.9 Å². The zero-order valence-electron chi connectivity index (χ0n) is 10.2. The predicted octanol–water partition coefficient (Wildman–Crippen LogP) is 2.04. The first kappa shape index (κ1) is 11.4. The Morgan fingerprint density at radius 2 is 2.38 bits per heavy atom. The molecule has 0 aromatic carbocycles. The summed E-state index contributed by atoms with van der Waals surface area (Å²) in [6, 6.07) is 4.31. The Morgan fingerprint density at radius 1 is 1.50 bits per heavy atom. The van der Waals surface area contributed by atoms with E-state index in [0.29, 0.717) is 0 Å². The number of rotatable bonds is 4. The summed E-state index contributed by atoms with van der Waals surface area (Å²) in [4.78, 5) is 6.93. The van der Waals surface area contributed by atoms with Gasteiger partial charge in [0.1, 0.15) is 5.82 Å². The molecule has 1 unspecified atom stereocenters. The first-order chi connectivity index (χ1) is 7.83. The van der Waals surface area contributed by atoms with Crippen LogP contribution in [0.1, 0.15) is 25.3 Å². The van der Waals surface area contributed by atoms with Crippen LogP contribution in [0.15, 0.2) is 18.3 Å². The highest BCUT2D eigenvalue weighted by atomic mass is 15.2. The number of pyridine rings is 1. The highest BCUT2D eigenvalue weighted by Crippen LogP contribution is 2.23. The molecule has 0 spiro atoms. The van der Waals surface area contributed by atoms with Crippen molar-refractivity contribution in [3.05, 3.63) is 23.9 Å². The largest absolute Gasteiger partial charge is 0.356 e. The predicted molar refractivity (Wildman–Crippen MR) is 67.6 cm³/mol. The molecule has 3 nitrogen and oxygen atoms in total. The van der Waals surface area contributed by atoms with Crippen molar-refractivity contribution in [3.63, 3.8) is 0 Å². The molecular formula is C13H21N3. The average molecular weight is 219 g/mol. The SMILES string of the molecule is CCC1CCN(c2ccc(CNC)cn2)C1. The summed E-state index contributed by atoms with van der Waals surface area (Å²) < 4.78 is 0. The lowest BCUT2D eigenvalue weighted by atomic mass is 10.1. The summed E-state index contributed by atoms with van der Waals surface area (Å²) in [5.41, 5.74) is 1.25. The third kappa shape index (κ3) is 2.53. The second-order valence-electron chi connectivity index (χ2n) is 4.56. The van der Waals surface area contributed by atoms with Gasteiger partial charge in [0.15, 0.2) is 0 Å². The summed E-state index contributed by atoms with van der Waals surface area (Å²) in [6.45, 7) is 5.51. The number of nitrogens with zero attached hydrogens (tertiary/aromatic N) is 2. The lowest BCUT2D eigenvalue weighted by Gasteiger charge is -2.17. The Kier molecular flexibility index (Phi) is 3.78. The maximum atomic E-state index is 4.53. The Balaban J connectivity index is 1.99. The molecule has 0 amide bonds. The monoisotopic (exact) mass is 219 g/mol. The van der Waals surface area contributed by atoms with E-state index in [1.807, 2.05) is 13.2 Å². The van der Waals surface area contributed by atoms with Crippen molar-refractivity contribution in [1.82, 2.24) is 10.3 Å². The third-order valence-electron chi connectivity index (χ3n) is 3.38. The minimum atomic E-state index is 0.860. The molecule has 2 heterocycles. The number of anilines is 1. The summed E-state index contributed by atoms with van der Waals surface area (Å²) in [7, 11) is 1.96. The van der Waals surface area contributed by atoms with E-state index in [1.54, 1.807) is 0 Å². The van der Waals surface area contributed by atoms with Crippen molar-refractivity contribution in [2.75, 3.05) is 25.0 Å². The van der Waals surface area contributed by atoms with E-state index in [2.05, 4.69) is 34.3 Å². The quantitative estimate of drug-likeness (QED) is 0.840. The van der Waals surface area contributed by atoms with Gasteiger partial charge in [0.05, 0.1) is 0 Å². The smallest absolute Gasteiger partial charge is 0.128 e. The van der Waals surface area contributed by atoms with Gasteiger partial charge in [-0.25, -0.2) is 4.98 Å². The van der Waals surface area contributed by atoms with E-state index in [0.717, 1.165) is 24.8 Å². The van der Waals surface area contributed by atoms with Crippen LogP contribution in [0.4, 0.5) is 5.82 Å². The van der Waals surface area contributed by atoms with E-state index < -0.39 is 0 Å².